The van der Waals surface area contributed by atoms with Gasteiger partial charge < -0.3 is 5.32 Å². The van der Waals surface area contributed by atoms with E-state index in [0.29, 0.717) is 16.3 Å². The summed E-state index contributed by atoms with van der Waals surface area (Å²) in [5.74, 6) is 0.378. The van der Waals surface area contributed by atoms with Crippen molar-refractivity contribution in [1.29, 1.82) is 0 Å². The van der Waals surface area contributed by atoms with Gasteiger partial charge >= 0.3 is 0 Å². The second-order valence-corrected chi connectivity index (χ2v) is 4.32. The molecule has 1 heterocycles. The van der Waals surface area contributed by atoms with Crippen molar-refractivity contribution in [3.8, 4) is 11.3 Å². The third-order valence-electron chi connectivity index (χ3n) is 2.56. The summed E-state index contributed by atoms with van der Waals surface area (Å²) >= 11 is 5.85. The number of anilines is 1. The summed E-state index contributed by atoms with van der Waals surface area (Å²) in [6.45, 7) is 4.65. The van der Waals surface area contributed by atoms with Crippen molar-refractivity contribution in [1.82, 2.24) is 9.97 Å². The van der Waals surface area contributed by atoms with Crippen LogP contribution in [0.2, 0.25) is 5.02 Å². The van der Waals surface area contributed by atoms with Gasteiger partial charge in [-0.3, -0.25) is 0 Å². The Morgan fingerprint density at radius 3 is 2.72 bits per heavy atom. The Bertz CT molecular complexity index is 552. The zero-order chi connectivity index (χ0) is 13.1. The van der Waals surface area contributed by atoms with Gasteiger partial charge in [0.1, 0.15) is 18.0 Å². The fourth-order valence-corrected chi connectivity index (χ4v) is 2.00. The van der Waals surface area contributed by atoms with Gasteiger partial charge in [-0.05, 0) is 32.0 Å². The predicted octanol–water partition coefficient (Wildman–Crippen LogP) is 3.68. The monoisotopic (exact) mass is 265 g/mol. The van der Waals surface area contributed by atoms with Crippen LogP contribution in [0.5, 0.6) is 0 Å². The molecule has 0 aliphatic rings. The summed E-state index contributed by atoms with van der Waals surface area (Å²) in [6.07, 6.45) is 1.46. The minimum atomic E-state index is -0.375. The topological polar surface area (TPSA) is 37.8 Å². The smallest absolute Gasteiger partial charge is 0.132 e. The first-order chi connectivity index (χ1) is 8.61. The van der Waals surface area contributed by atoms with E-state index in [-0.39, 0.29) is 5.82 Å². The molecule has 0 spiro atoms. The molecular weight excluding hydrogens is 253 g/mol. The molecule has 1 aromatic heterocycles. The van der Waals surface area contributed by atoms with E-state index in [1.165, 1.54) is 18.5 Å². The maximum absolute atomic E-state index is 13.4. The normalized spacial score (nSPS) is 10.4. The summed E-state index contributed by atoms with van der Waals surface area (Å²) in [7, 11) is 0. The molecule has 0 bridgehead atoms. The summed E-state index contributed by atoms with van der Waals surface area (Å²) < 4.78 is 13.4. The number of nitrogens with zero attached hydrogens (tertiary/aromatic N) is 2. The highest BCUT2D eigenvalue weighted by atomic mass is 35.5. The number of nitrogens with one attached hydrogen (secondary N) is 1. The van der Waals surface area contributed by atoms with E-state index in [4.69, 9.17) is 11.6 Å². The van der Waals surface area contributed by atoms with Crippen molar-refractivity contribution in [3.05, 3.63) is 40.9 Å². The van der Waals surface area contributed by atoms with Gasteiger partial charge in [-0.15, -0.1) is 0 Å². The molecule has 2 aromatic rings. The quantitative estimate of drug-likeness (QED) is 0.920. The average Bonchev–Trinajstić information content (AvgIpc) is 2.31. The maximum Gasteiger partial charge on any atom is 0.132 e. The van der Waals surface area contributed by atoms with Gasteiger partial charge in [-0.25, -0.2) is 14.4 Å². The lowest BCUT2D eigenvalue weighted by molar-refractivity contribution is 0.628. The Morgan fingerprint density at radius 2 is 2.06 bits per heavy atom. The van der Waals surface area contributed by atoms with Crippen molar-refractivity contribution >= 4 is 17.4 Å². The number of hydrogen-bond donors (Lipinski definition) is 1. The molecule has 2 rings (SSSR count). The molecule has 0 aliphatic carbocycles. The van der Waals surface area contributed by atoms with E-state index in [1.807, 2.05) is 13.8 Å². The van der Waals surface area contributed by atoms with Gasteiger partial charge in [0.2, 0.25) is 0 Å². The highest BCUT2D eigenvalue weighted by molar-refractivity contribution is 6.30. The average molecular weight is 266 g/mol. The highest BCUT2D eigenvalue weighted by Crippen LogP contribution is 2.27. The van der Waals surface area contributed by atoms with E-state index in [2.05, 4.69) is 15.3 Å². The van der Waals surface area contributed by atoms with E-state index >= 15 is 0 Å². The molecule has 0 amide bonds. The Balaban J connectivity index is 2.53. The molecule has 1 N–H and O–H groups in total. The van der Waals surface area contributed by atoms with Crippen molar-refractivity contribution in [2.24, 2.45) is 0 Å². The molecule has 3 nitrogen and oxygen atoms in total. The van der Waals surface area contributed by atoms with E-state index in [0.717, 1.165) is 17.9 Å². The van der Waals surface area contributed by atoms with Crippen molar-refractivity contribution < 1.29 is 4.39 Å². The Morgan fingerprint density at radius 1 is 1.28 bits per heavy atom. The predicted molar refractivity (Wildman–Crippen MR) is 71.3 cm³/mol. The van der Waals surface area contributed by atoms with Gasteiger partial charge in [0.15, 0.2) is 0 Å². The van der Waals surface area contributed by atoms with Gasteiger partial charge in [0.05, 0.1) is 5.69 Å². The molecule has 0 saturated carbocycles. The fourth-order valence-electron chi connectivity index (χ4n) is 1.78. The van der Waals surface area contributed by atoms with E-state index < -0.39 is 0 Å². The molecule has 18 heavy (non-hydrogen) atoms. The minimum absolute atomic E-state index is 0.355. The first-order valence-corrected chi connectivity index (χ1v) is 6.01. The molecule has 94 valence electrons. The van der Waals surface area contributed by atoms with Crippen LogP contribution in [0.25, 0.3) is 11.3 Å². The zero-order valence-electron chi connectivity index (χ0n) is 10.2. The van der Waals surface area contributed by atoms with Crippen LogP contribution in [0, 0.1) is 12.7 Å². The standard InChI is InChI=1S/C13H13ClFN3/c1-3-16-13-8(2)12(17-7-18-13)9-4-10(14)6-11(15)5-9/h4-7H,3H2,1-2H3,(H,16,17,18). The van der Waals surface area contributed by atoms with Gasteiger partial charge in [-0.1, -0.05) is 11.6 Å². The number of aromatic nitrogens is 2. The Hall–Kier alpha value is -1.68. The first kappa shape index (κ1) is 12.8. The number of benzene rings is 1. The van der Waals surface area contributed by atoms with Gasteiger partial charge in [-0.2, -0.15) is 0 Å². The Labute approximate surface area is 110 Å². The summed E-state index contributed by atoms with van der Waals surface area (Å²) in [5, 5.41) is 3.49. The fraction of sp³-hybridized carbons (Fsp3) is 0.231. The van der Waals surface area contributed by atoms with Crippen molar-refractivity contribution in [2.75, 3.05) is 11.9 Å². The SMILES string of the molecule is CCNc1ncnc(-c2cc(F)cc(Cl)c2)c1C. The van der Waals surface area contributed by atoms with E-state index in [1.54, 1.807) is 6.07 Å². The number of hydrogen-bond acceptors (Lipinski definition) is 3. The van der Waals surface area contributed by atoms with Crippen LogP contribution in [0.1, 0.15) is 12.5 Å². The van der Waals surface area contributed by atoms with Crippen LogP contribution in [0.15, 0.2) is 24.5 Å². The summed E-state index contributed by atoms with van der Waals surface area (Å²) in [5.41, 5.74) is 2.21. The van der Waals surface area contributed by atoms with Crippen LogP contribution in [0.3, 0.4) is 0 Å². The van der Waals surface area contributed by atoms with Crippen LogP contribution < -0.4 is 5.32 Å². The lowest BCUT2D eigenvalue weighted by Crippen LogP contribution is -2.03. The summed E-state index contributed by atoms with van der Waals surface area (Å²) in [6, 6.07) is 4.37. The molecule has 1 aromatic carbocycles. The minimum Gasteiger partial charge on any atom is -0.370 e. The van der Waals surface area contributed by atoms with Crippen LogP contribution in [-0.2, 0) is 0 Å². The second-order valence-electron chi connectivity index (χ2n) is 3.88. The lowest BCUT2D eigenvalue weighted by atomic mass is 10.1. The first-order valence-electron chi connectivity index (χ1n) is 5.63. The van der Waals surface area contributed by atoms with Gasteiger partial charge in [0, 0.05) is 22.7 Å². The molecule has 0 fully saturated rings. The number of rotatable bonds is 3. The maximum atomic E-state index is 13.4. The van der Waals surface area contributed by atoms with Crippen molar-refractivity contribution in [2.45, 2.75) is 13.8 Å². The molecule has 0 saturated heterocycles. The highest BCUT2D eigenvalue weighted by Gasteiger charge is 2.10. The molecule has 0 atom stereocenters. The van der Waals surface area contributed by atoms with Crippen LogP contribution in [-0.4, -0.2) is 16.5 Å². The van der Waals surface area contributed by atoms with E-state index in [9.17, 15) is 4.39 Å². The zero-order valence-corrected chi connectivity index (χ0v) is 10.9. The van der Waals surface area contributed by atoms with Crippen LogP contribution in [0.4, 0.5) is 10.2 Å². The molecule has 0 radical (unpaired) electrons. The third-order valence-corrected chi connectivity index (χ3v) is 2.78. The Kier molecular flexibility index (Phi) is 3.77. The van der Waals surface area contributed by atoms with Crippen molar-refractivity contribution in [3.63, 3.8) is 0 Å². The number of halogens is 2. The largest absolute Gasteiger partial charge is 0.370 e. The third kappa shape index (κ3) is 2.59. The van der Waals surface area contributed by atoms with Crippen LogP contribution >= 0.6 is 11.6 Å². The second kappa shape index (κ2) is 5.31. The molecule has 0 aliphatic heterocycles. The molecule has 5 heteroatoms. The lowest BCUT2D eigenvalue weighted by Gasteiger charge is -2.10. The summed E-state index contributed by atoms with van der Waals surface area (Å²) in [4.78, 5) is 8.35. The van der Waals surface area contributed by atoms with Gasteiger partial charge in [0.25, 0.3) is 0 Å². The molecule has 0 unspecified atom stereocenters. The molecular formula is C13H13ClFN3.